The van der Waals surface area contributed by atoms with E-state index in [0.717, 1.165) is 34.1 Å². The average Bonchev–Trinajstić information content (AvgIpc) is 2.63. The maximum Gasteiger partial charge on any atom is 0.266 e. The standard InChI is InChI=1S/C20H15BrN2O/c21-15-12-10-14(11-13-15)19-22-18-9-5-4-8-17(18)20(24)23(19)16-6-2-1-3-7-16/h2,4-13H,1,3H2. The van der Waals surface area contributed by atoms with Crippen molar-refractivity contribution in [2.24, 2.45) is 0 Å². The first-order valence-electron chi connectivity index (χ1n) is 7.89. The van der Waals surface area contributed by atoms with Crippen molar-refractivity contribution in [1.82, 2.24) is 9.55 Å². The fourth-order valence-corrected chi connectivity index (χ4v) is 3.19. The molecule has 0 aliphatic heterocycles. The summed E-state index contributed by atoms with van der Waals surface area (Å²) in [7, 11) is 0. The number of hydrogen-bond acceptors (Lipinski definition) is 2. The van der Waals surface area contributed by atoms with Crippen LogP contribution < -0.4 is 5.56 Å². The Hall–Kier alpha value is -2.46. The molecule has 1 aromatic heterocycles. The summed E-state index contributed by atoms with van der Waals surface area (Å²) in [6.07, 6.45) is 8.14. The van der Waals surface area contributed by atoms with E-state index in [4.69, 9.17) is 4.98 Å². The van der Waals surface area contributed by atoms with Crippen LogP contribution in [-0.2, 0) is 0 Å². The molecule has 0 unspecified atom stereocenters. The molecule has 0 atom stereocenters. The van der Waals surface area contributed by atoms with Crippen LogP contribution in [0.3, 0.4) is 0 Å². The molecular formula is C20H15BrN2O. The average molecular weight is 379 g/mol. The number of allylic oxidation sites excluding steroid dienone is 4. The second-order valence-corrected chi connectivity index (χ2v) is 6.62. The lowest BCUT2D eigenvalue weighted by molar-refractivity contribution is 0.961. The van der Waals surface area contributed by atoms with E-state index in [9.17, 15) is 4.79 Å². The quantitative estimate of drug-likeness (QED) is 0.627. The lowest BCUT2D eigenvalue weighted by Gasteiger charge is -2.16. The van der Waals surface area contributed by atoms with Crippen LogP contribution in [0.4, 0.5) is 0 Å². The predicted octanol–water partition coefficient (Wildman–Crippen LogP) is 5.02. The van der Waals surface area contributed by atoms with Gasteiger partial charge in [0.25, 0.3) is 5.56 Å². The largest absolute Gasteiger partial charge is 0.268 e. The zero-order valence-electron chi connectivity index (χ0n) is 12.9. The van der Waals surface area contributed by atoms with Gasteiger partial charge in [-0.25, -0.2) is 4.98 Å². The molecule has 0 N–H and O–H groups in total. The highest BCUT2D eigenvalue weighted by atomic mass is 79.9. The molecule has 3 aromatic rings. The van der Waals surface area contributed by atoms with Crippen LogP contribution in [0.2, 0.25) is 0 Å². The number of nitrogens with zero attached hydrogens (tertiary/aromatic N) is 2. The van der Waals surface area contributed by atoms with Crippen LogP contribution >= 0.6 is 15.9 Å². The zero-order chi connectivity index (χ0) is 16.5. The summed E-state index contributed by atoms with van der Waals surface area (Å²) in [4.78, 5) is 17.9. The Kier molecular flexibility index (Phi) is 3.90. The Labute approximate surface area is 148 Å². The minimum atomic E-state index is -0.0312. The molecule has 2 aromatic carbocycles. The Morgan fingerprint density at radius 2 is 1.79 bits per heavy atom. The molecule has 118 valence electrons. The van der Waals surface area contributed by atoms with Crippen molar-refractivity contribution < 1.29 is 0 Å². The molecule has 0 bridgehead atoms. The fourth-order valence-electron chi connectivity index (χ4n) is 2.93. The molecule has 0 saturated heterocycles. The molecule has 0 amide bonds. The van der Waals surface area contributed by atoms with E-state index >= 15 is 0 Å². The van der Waals surface area contributed by atoms with Gasteiger partial charge in [-0.3, -0.25) is 9.36 Å². The monoisotopic (exact) mass is 378 g/mol. The molecular weight excluding hydrogens is 364 g/mol. The van der Waals surface area contributed by atoms with E-state index in [1.54, 1.807) is 4.57 Å². The van der Waals surface area contributed by atoms with Gasteiger partial charge in [0.1, 0.15) is 5.82 Å². The summed E-state index contributed by atoms with van der Waals surface area (Å²) in [5, 5.41) is 0.637. The van der Waals surface area contributed by atoms with Crippen molar-refractivity contribution in [3.63, 3.8) is 0 Å². The first-order chi connectivity index (χ1) is 11.7. The van der Waals surface area contributed by atoms with Crippen molar-refractivity contribution in [1.29, 1.82) is 0 Å². The van der Waals surface area contributed by atoms with Gasteiger partial charge in [-0.1, -0.05) is 52.3 Å². The van der Waals surface area contributed by atoms with E-state index in [0.29, 0.717) is 11.2 Å². The Bertz CT molecular complexity index is 1030. The summed E-state index contributed by atoms with van der Waals surface area (Å²) in [5.74, 6) is 0.670. The molecule has 1 aliphatic carbocycles. The summed E-state index contributed by atoms with van der Waals surface area (Å²) >= 11 is 3.46. The lowest BCUT2D eigenvalue weighted by atomic mass is 10.1. The van der Waals surface area contributed by atoms with Gasteiger partial charge >= 0.3 is 0 Å². The molecule has 1 heterocycles. The van der Waals surface area contributed by atoms with E-state index in [2.05, 4.69) is 28.1 Å². The van der Waals surface area contributed by atoms with Gasteiger partial charge in [-0.2, -0.15) is 0 Å². The van der Waals surface area contributed by atoms with Crippen LogP contribution in [0.25, 0.3) is 28.0 Å². The van der Waals surface area contributed by atoms with E-state index in [-0.39, 0.29) is 5.56 Å². The van der Waals surface area contributed by atoms with E-state index < -0.39 is 0 Å². The molecule has 3 nitrogen and oxygen atoms in total. The maximum absolute atomic E-state index is 13.1. The number of fused-ring (bicyclic) bond motifs is 1. The van der Waals surface area contributed by atoms with Gasteiger partial charge in [0, 0.05) is 15.7 Å². The molecule has 0 spiro atoms. The van der Waals surface area contributed by atoms with Crippen LogP contribution in [0.15, 0.2) is 76.0 Å². The highest BCUT2D eigenvalue weighted by Gasteiger charge is 2.15. The van der Waals surface area contributed by atoms with Gasteiger partial charge < -0.3 is 0 Å². The van der Waals surface area contributed by atoms with Crippen LogP contribution in [0.1, 0.15) is 12.8 Å². The summed E-state index contributed by atoms with van der Waals surface area (Å²) in [5.41, 5.74) is 2.50. The number of rotatable bonds is 2. The van der Waals surface area contributed by atoms with E-state index in [1.807, 2.05) is 54.6 Å². The fraction of sp³-hybridized carbons (Fsp3) is 0.100. The number of halogens is 1. The smallest absolute Gasteiger partial charge is 0.266 e. The second kappa shape index (κ2) is 6.21. The minimum Gasteiger partial charge on any atom is -0.268 e. The molecule has 4 heteroatoms. The number of hydrogen-bond donors (Lipinski definition) is 0. The Morgan fingerprint density at radius 1 is 1.00 bits per heavy atom. The van der Waals surface area contributed by atoms with Gasteiger partial charge in [0.05, 0.1) is 10.9 Å². The summed E-state index contributed by atoms with van der Waals surface area (Å²) < 4.78 is 2.72. The SMILES string of the molecule is O=c1c2ccccc2nc(-c2ccc(Br)cc2)n1C1=CCCC=C1. The minimum absolute atomic E-state index is 0.0312. The normalized spacial score (nSPS) is 14.0. The van der Waals surface area contributed by atoms with Gasteiger partial charge in [-0.05, 0) is 43.2 Å². The van der Waals surface area contributed by atoms with Crippen molar-refractivity contribution >= 4 is 32.5 Å². The van der Waals surface area contributed by atoms with Crippen molar-refractivity contribution in [2.75, 3.05) is 0 Å². The third-order valence-electron chi connectivity index (χ3n) is 4.11. The number of para-hydroxylation sites is 1. The van der Waals surface area contributed by atoms with Crippen LogP contribution in [0, 0.1) is 0 Å². The van der Waals surface area contributed by atoms with Gasteiger partial charge in [0.2, 0.25) is 0 Å². The lowest BCUT2D eigenvalue weighted by Crippen LogP contribution is -2.22. The van der Waals surface area contributed by atoms with E-state index in [1.165, 1.54) is 0 Å². The van der Waals surface area contributed by atoms with Crippen LogP contribution in [0.5, 0.6) is 0 Å². The first-order valence-corrected chi connectivity index (χ1v) is 8.68. The third-order valence-corrected chi connectivity index (χ3v) is 4.64. The molecule has 4 rings (SSSR count). The molecule has 1 aliphatic rings. The Morgan fingerprint density at radius 3 is 2.54 bits per heavy atom. The van der Waals surface area contributed by atoms with Gasteiger partial charge in [0.15, 0.2) is 0 Å². The zero-order valence-corrected chi connectivity index (χ0v) is 14.5. The predicted molar refractivity (Wildman–Crippen MR) is 102 cm³/mol. The van der Waals surface area contributed by atoms with Gasteiger partial charge in [-0.15, -0.1) is 0 Å². The highest BCUT2D eigenvalue weighted by molar-refractivity contribution is 9.10. The number of benzene rings is 2. The molecule has 0 saturated carbocycles. The van der Waals surface area contributed by atoms with Crippen LogP contribution in [-0.4, -0.2) is 9.55 Å². The van der Waals surface area contributed by atoms with Crippen molar-refractivity contribution in [3.8, 4) is 11.4 Å². The maximum atomic E-state index is 13.1. The van der Waals surface area contributed by atoms with Crippen molar-refractivity contribution in [2.45, 2.75) is 12.8 Å². The summed E-state index contributed by atoms with van der Waals surface area (Å²) in [6.45, 7) is 0. The highest BCUT2D eigenvalue weighted by Crippen LogP contribution is 2.25. The summed E-state index contributed by atoms with van der Waals surface area (Å²) in [6, 6.07) is 15.4. The first kappa shape index (κ1) is 15.1. The second-order valence-electron chi connectivity index (χ2n) is 5.71. The third kappa shape index (κ3) is 2.63. The van der Waals surface area contributed by atoms with Crippen molar-refractivity contribution in [3.05, 3.63) is 81.6 Å². The molecule has 0 radical (unpaired) electrons. The molecule has 0 fully saturated rings. The topological polar surface area (TPSA) is 34.9 Å². The molecule has 24 heavy (non-hydrogen) atoms. The number of aromatic nitrogens is 2. The Balaban J connectivity index is 2.06.